The van der Waals surface area contributed by atoms with Crippen molar-refractivity contribution in [3.05, 3.63) is 54.5 Å². The van der Waals surface area contributed by atoms with Crippen LogP contribution in [0.3, 0.4) is 0 Å². The lowest BCUT2D eigenvalue weighted by molar-refractivity contribution is -0.702. The van der Waals surface area contributed by atoms with Gasteiger partial charge in [0.1, 0.15) is 11.9 Å². The summed E-state index contributed by atoms with van der Waals surface area (Å²) in [5.41, 5.74) is 3.15. The molecule has 2 aromatic heterocycles. The Hall–Kier alpha value is -2.31. The summed E-state index contributed by atoms with van der Waals surface area (Å²) >= 11 is 1.80. The van der Waals surface area contributed by atoms with E-state index in [0.717, 1.165) is 60.0 Å². The molecule has 0 amide bonds. The Morgan fingerprint density at radius 1 is 1.21 bits per heavy atom. The molecule has 0 radical (unpaired) electrons. The molecular formula is C23H27N2O3S+. The van der Waals surface area contributed by atoms with Crippen molar-refractivity contribution in [3.63, 3.8) is 0 Å². The highest BCUT2D eigenvalue weighted by molar-refractivity contribution is 7.99. The molecule has 0 bridgehead atoms. The number of benzene rings is 1. The van der Waals surface area contributed by atoms with Crippen LogP contribution in [0.4, 0.5) is 0 Å². The average Bonchev–Trinajstić information content (AvgIpc) is 3.24. The van der Waals surface area contributed by atoms with Gasteiger partial charge in [0.15, 0.2) is 24.7 Å². The minimum Gasteiger partial charge on any atom is -0.493 e. The number of hydrogen-bond donors (Lipinski definition) is 1. The van der Waals surface area contributed by atoms with Gasteiger partial charge < -0.3 is 14.3 Å². The monoisotopic (exact) mass is 411 g/mol. The lowest BCUT2D eigenvalue weighted by atomic mass is 10.0. The van der Waals surface area contributed by atoms with E-state index in [9.17, 15) is 5.11 Å². The molecule has 0 saturated carbocycles. The predicted octanol–water partition coefficient (Wildman–Crippen LogP) is 4.13. The maximum absolute atomic E-state index is 10.2. The molecule has 3 heterocycles. The van der Waals surface area contributed by atoms with Gasteiger partial charge in [-0.1, -0.05) is 6.92 Å². The van der Waals surface area contributed by atoms with Gasteiger partial charge in [-0.2, -0.15) is 11.8 Å². The van der Waals surface area contributed by atoms with Gasteiger partial charge in [-0.05, 0) is 48.8 Å². The number of aliphatic hydroxyl groups is 1. The van der Waals surface area contributed by atoms with Crippen LogP contribution in [0.25, 0.3) is 22.8 Å². The minimum atomic E-state index is -0.340. The van der Waals surface area contributed by atoms with E-state index in [0.29, 0.717) is 12.4 Å². The second kappa shape index (κ2) is 9.46. The fourth-order valence-corrected chi connectivity index (χ4v) is 4.27. The Bertz CT molecular complexity index is 940. The van der Waals surface area contributed by atoms with Crippen LogP contribution in [-0.4, -0.2) is 34.3 Å². The minimum absolute atomic E-state index is 0.340. The first kappa shape index (κ1) is 20.0. The summed E-state index contributed by atoms with van der Waals surface area (Å²) in [4.78, 5) is 4.47. The third kappa shape index (κ3) is 5.00. The first-order valence-corrected chi connectivity index (χ1v) is 11.4. The number of oxazole rings is 1. The molecule has 152 valence electrons. The number of aryl methyl sites for hydroxylation is 1. The van der Waals surface area contributed by atoms with Gasteiger partial charge in [0, 0.05) is 29.0 Å². The van der Waals surface area contributed by atoms with E-state index in [2.05, 4.69) is 18.0 Å². The zero-order valence-electron chi connectivity index (χ0n) is 16.7. The highest BCUT2D eigenvalue weighted by Gasteiger charge is 2.15. The van der Waals surface area contributed by atoms with Crippen molar-refractivity contribution in [2.45, 2.75) is 38.8 Å². The van der Waals surface area contributed by atoms with Gasteiger partial charge in [-0.3, -0.25) is 0 Å². The molecule has 1 aliphatic rings. The lowest BCUT2D eigenvalue weighted by Gasteiger charge is -2.17. The summed E-state index contributed by atoms with van der Waals surface area (Å²) in [5.74, 6) is 4.18. The SMILES string of the molecule is CCCSCC(O)C[n+]1ccc(-c2cnc(-c3ccc4c(c3)CCCO4)o2)cc1. The number of pyridine rings is 1. The van der Waals surface area contributed by atoms with Crippen molar-refractivity contribution in [1.82, 2.24) is 4.98 Å². The zero-order valence-corrected chi connectivity index (χ0v) is 17.5. The summed E-state index contributed by atoms with van der Waals surface area (Å²) in [7, 11) is 0. The third-order valence-corrected chi connectivity index (χ3v) is 6.23. The maximum atomic E-state index is 10.2. The molecule has 0 spiro atoms. The Labute approximate surface area is 175 Å². The molecule has 0 aliphatic carbocycles. The van der Waals surface area contributed by atoms with Crippen LogP contribution >= 0.6 is 11.8 Å². The standard InChI is InChI=1S/C23H27N2O3S/c1-2-12-29-16-20(26)15-25-9-7-17(8-10-25)22-14-24-23(28-22)19-5-6-21-18(13-19)4-3-11-27-21/h5-10,13-14,20,26H,2-4,11-12,15-16H2,1H3/q+1. The summed E-state index contributed by atoms with van der Waals surface area (Å²) in [6, 6.07) is 10.1. The lowest BCUT2D eigenvalue weighted by Crippen LogP contribution is -2.40. The van der Waals surface area contributed by atoms with Gasteiger partial charge in [0.25, 0.3) is 0 Å². The number of fused-ring (bicyclic) bond motifs is 1. The molecular weight excluding hydrogens is 384 g/mol. The molecule has 6 heteroatoms. The predicted molar refractivity (Wildman–Crippen MR) is 115 cm³/mol. The first-order valence-electron chi connectivity index (χ1n) is 10.2. The maximum Gasteiger partial charge on any atom is 0.226 e. The third-order valence-electron chi connectivity index (χ3n) is 4.92. The van der Waals surface area contributed by atoms with Crippen molar-refractivity contribution < 1.29 is 18.8 Å². The second-order valence-corrected chi connectivity index (χ2v) is 8.47. The van der Waals surface area contributed by atoms with Gasteiger partial charge in [0.05, 0.1) is 12.8 Å². The normalized spacial score (nSPS) is 14.3. The summed E-state index contributed by atoms with van der Waals surface area (Å²) in [6.45, 7) is 3.54. The van der Waals surface area contributed by atoms with Crippen LogP contribution in [0.1, 0.15) is 25.3 Å². The van der Waals surface area contributed by atoms with E-state index < -0.39 is 0 Å². The molecule has 0 fully saturated rings. The highest BCUT2D eigenvalue weighted by Crippen LogP contribution is 2.31. The Kier molecular flexibility index (Phi) is 6.52. The molecule has 1 unspecified atom stereocenters. The van der Waals surface area contributed by atoms with Crippen LogP contribution < -0.4 is 9.30 Å². The zero-order chi connectivity index (χ0) is 20.1. The van der Waals surface area contributed by atoms with E-state index in [-0.39, 0.29) is 6.10 Å². The Balaban J connectivity index is 1.43. The number of nitrogens with zero attached hydrogens (tertiary/aromatic N) is 2. The van der Waals surface area contributed by atoms with Gasteiger partial charge >= 0.3 is 0 Å². The molecule has 1 atom stereocenters. The van der Waals surface area contributed by atoms with Crippen molar-refractivity contribution in [2.75, 3.05) is 18.1 Å². The summed E-state index contributed by atoms with van der Waals surface area (Å²) in [5, 5.41) is 10.2. The number of rotatable bonds is 8. The number of thioether (sulfide) groups is 1. The molecule has 29 heavy (non-hydrogen) atoms. The summed E-state index contributed by atoms with van der Waals surface area (Å²) < 4.78 is 13.7. The van der Waals surface area contributed by atoms with Crippen molar-refractivity contribution in [3.8, 4) is 28.5 Å². The number of hydrogen-bond acceptors (Lipinski definition) is 5. The van der Waals surface area contributed by atoms with Gasteiger partial charge in [-0.25, -0.2) is 9.55 Å². The molecule has 0 saturated heterocycles. The van der Waals surface area contributed by atoms with Crippen LogP contribution in [-0.2, 0) is 13.0 Å². The van der Waals surface area contributed by atoms with E-state index in [1.165, 1.54) is 5.56 Å². The first-order chi connectivity index (χ1) is 14.2. The van der Waals surface area contributed by atoms with Crippen molar-refractivity contribution >= 4 is 11.8 Å². The van der Waals surface area contributed by atoms with Gasteiger partial charge in [0.2, 0.25) is 5.89 Å². The molecule has 5 nitrogen and oxygen atoms in total. The highest BCUT2D eigenvalue weighted by atomic mass is 32.2. The average molecular weight is 412 g/mol. The fraction of sp³-hybridized carbons (Fsp3) is 0.391. The quantitative estimate of drug-likeness (QED) is 0.446. The van der Waals surface area contributed by atoms with E-state index in [4.69, 9.17) is 9.15 Å². The Morgan fingerprint density at radius 3 is 2.90 bits per heavy atom. The molecule has 1 aromatic carbocycles. The van der Waals surface area contributed by atoms with E-state index in [1.807, 2.05) is 41.2 Å². The fourth-order valence-electron chi connectivity index (χ4n) is 3.44. The molecule has 1 aliphatic heterocycles. The van der Waals surface area contributed by atoms with Crippen LogP contribution in [0.5, 0.6) is 5.75 Å². The number of aliphatic hydroxyl groups excluding tert-OH is 1. The van der Waals surface area contributed by atoms with Crippen LogP contribution in [0, 0.1) is 0 Å². The van der Waals surface area contributed by atoms with Crippen LogP contribution in [0.15, 0.2) is 53.3 Å². The molecule has 1 N–H and O–H groups in total. The Morgan fingerprint density at radius 2 is 2.07 bits per heavy atom. The molecule has 4 rings (SSSR count). The van der Waals surface area contributed by atoms with E-state index in [1.54, 1.807) is 18.0 Å². The largest absolute Gasteiger partial charge is 0.493 e. The molecule has 3 aromatic rings. The number of aromatic nitrogens is 2. The van der Waals surface area contributed by atoms with Crippen molar-refractivity contribution in [1.29, 1.82) is 0 Å². The van der Waals surface area contributed by atoms with Crippen LogP contribution in [0.2, 0.25) is 0 Å². The number of ether oxygens (including phenoxy) is 1. The second-order valence-electron chi connectivity index (χ2n) is 7.32. The van der Waals surface area contributed by atoms with Crippen molar-refractivity contribution in [2.24, 2.45) is 0 Å². The topological polar surface area (TPSA) is 59.4 Å². The van der Waals surface area contributed by atoms with E-state index >= 15 is 0 Å². The smallest absolute Gasteiger partial charge is 0.226 e. The van der Waals surface area contributed by atoms with Gasteiger partial charge in [-0.15, -0.1) is 0 Å². The summed E-state index contributed by atoms with van der Waals surface area (Å²) in [6.07, 6.45) is 8.58.